The van der Waals surface area contributed by atoms with E-state index < -0.39 is 69.0 Å². The molecular weight excluding hydrogens is 664 g/mol. The number of carbonyl (C=O) groups excluding carboxylic acids is 2. The van der Waals surface area contributed by atoms with Crippen LogP contribution in [0.5, 0.6) is 0 Å². The van der Waals surface area contributed by atoms with Crippen molar-refractivity contribution in [3.05, 3.63) is 82.9 Å². The summed E-state index contributed by atoms with van der Waals surface area (Å²) in [6, 6.07) is 18.8. The maximum Gasteiger partial charge on any atom is 0.302 e. The van der Waals surface area contributed by atoms with Crippen LogP contribution in [-0.4, -0.2) is 79.6 Å². The van der Waals surface area contributed by atoms with Gasteiger partial charge in [-0.1, -0.05) is 87.0 Å². The number of carbonyl (C=O) groups is 2. The van der Waals surface area contributed by atoms with E-state index in [9.17, 15) is 28.2 Å². The van der Waals surface area contributed by atoms with E-state index in [1.165, 1.54) is 6.92 Å². The van der Waals surface area contributed by atoms with Crippen molar-refractivity contribution in [2.75, 3.05) is 19.7 Å². The second-order valence-electron chi connectivity index (χ2n) is 14.9. The van der Waals surface area contributed by atoms with Crippen LogP contribution in [0.4, 0.5) is 0 Å². The molecule has 2 fully saturated rings. The van der Waals surface area contributed by atoms with E-state index in [2.05, 4.69) is 0 Å². The molecule has 0 amide bonds. The summed E-state index contributed by atoms with van der Waals surface area (Å²) in [4.78, 5) is 26.8. The molecule has 12 heteroatoms. The highest BCUT2D eigenvalue weighted by atomic mass is 32.2. The normalized spacial score (nSPS) is 32.5. The molecule has 2 aromatic carbocycles. The second-order valence-corrected chi connectivity index (χ2v) is 16.5. The number of ether oxygens (including phenoxy) is 4. The number of Topliss-reactive ketones (excluding diaryl/α,β-unsaturated/α-hetero) is 1. The van der Waals surface area contributed by atoms with E-state index in [0.29, 0.717) is 12.0 Å². The standard InChI is InChI=1S/C38H50O11S/c1-25-17-18-38(42)34(46-22-28-15-11-8-12-16-28)33-36(5,20-29(40)32(25)35(38,3)4)30(48-24-45-21-27-13-9-7-10-14-27)19-31(49-50(6,43)44)37(33,41)23-47-26(2)39/h7-16,30-31,33-34,41-42H,17-24H2,1-6H3/t30-,31-,33-,34-,36+,37-,38+/m0/s1. The Kier molecular flexibility index (Phi) is 11.2. The van der Waals surface area contributed by atoms with Gasteiger partial charge in [0.15, 0.2) is 5.78 Å². The summed E-state index contributed by atoms with van der Waals surface area (Å²) in [5.74, 6) is -2.20. The highest BCUT2D eigenvalue weighted by Gasteiger charge is 2.71. The highest BCUT2D eigenvalue weighted by molar-refractivity contribution is 7.86. The van der Waals surface area contributed by atoms with Gasteiger partial charge >= 0.3 is 5.97 Å². The largest absolute Gasteiger partial charge is 0.463 e. The maximum absolute atomic E-state index is 14.5. The lowest BCUT2D eigenvalue weighted by Crippen LogP contribution is -2.75. The first-order chi connectivity index (χ1) is 23.4. The summed E-state index contributed by atoms with van der Waals surface area (Å²) in [6.45, 7) is 7.80. The summed E-state index contributed by atoms with van der Waals surface area (Å²) >= 11 is 0. The Labute approximate surface area is 295 Å². The first-order valence-corrected chi connectivity index (χ1v) is 18.8. The van der Waals surface area contributed by atoms with Gasteiger partial charge in [-0.05, 0) is 30.9 Å². The monoisotopic (exact) mass is 714 g/mol. The van der Waals surface area contributed by atoms with Crippen LogP contribution in [0.15, 0.2) is 71.8 Å². The van der Waals surface area contributed by atoms with Crippen LogP contribution in [0.1, 0.15) is 71.4 Å². The molecule has 3 aliphatic carbocycles. The van der Waals surface area contributed by atoms with Crippen LogP contribution >= 0.6 is 0 Å². The molecule has 0 spiro atoms. The number of fused-ring (bicyclic) bond motifs is 3. The van der Waals surface area contributed by atoms with Gasteiger partial charge in [0.2, 0.25) is 0 Å². The molecule has 274 valence electrons. The third-order valence-electron chi connectivity index (χ3n) is 11.1. The molecule has 2 N–H and O–H groups in total. The minimum Gasteiger partial charge on any atom is -0.463 e. The van der Waals surface area contributed by atoms with Gasteiger partial charge in [-0.25, -0.2) is 0 Å². The summed E-state index contributed by atoms with van der Waals surface area (Å²) in [7, 11) is -4.20. The van der Waals surface area contributed by atoms with Crippen molar-refractivity contribution in [2.45, 2.75) is 103 Å². The minimum atomic E-state index is -4.20. The average molecular weight is 715 g/mol. The summed E-state index contributed by atoms with van der Waals surface area (Å²) in [5.41, 5.74) is -3.45. The van der Waals surface area contributed by atoms with Crippen LogP contribution in [0, 0.1) is 16.7 Å². The average Bonchev–Trinajstić information content (AvgIpc) is 3.04. The molecule has 5 rings (SSSR count). The van der Waals surface area contributed by atoms with Crippen LogP contribution in [0.25, 0.3) is 0 Å². The van der Waals surface area contributed by atoms with Crippen LogP contribution in [0.3, 0.4) is 0 Å². The van der Waals surface area contributed by atoms with Gasteiger partial charge in [-0.15, -0.1) is 0 Å². The number of benzene rings is 2. The van der Waals surface area contributed by atoms with Gasteiger partial charge in [0.25, 0.3) is 10.1 Å². The van der Waals surface area contributed by atoms with Gasteiger partial charge in [0, 0.05) is 42.1 Å². The fraction of sp³-hybridized carbons (Fsp3) is 0.579. The molecule has 0 aromatic heterocycles. The van der Waals surface area contributed by atoms with Crippen molar-refractivity contribution in [2.24, 2.45) is 16.7 Å². The lowest BCUT2D eigenvalue weighted by atomic mass is 9.46. The molecule has 2 saturated carbocycles. The SMILES string of the molecule is CC(=O)OC[C@]1(O)[C@@H](OS(C)(=O)=O)C[C@H](OCOCc2ccccc2)[C@@]2(C)CC(=O)C3=C(C)CC[C@@](O)([C@@H](OCc4ccccc4)[C@@H]21)C3(C)C. The van der Waals surface area contributed by atoms with Gasteiger partial charge in [0.05, 0.1) is 31.7 Å². The third kappa shape index (κ3) is 7.48. The van der Waals surface area contributed by atoms with Gasteiger partial charge < -0.3 is 29.2 Å². The molecular formula is C38H50O11S. The van der Waals surface area contributed by atoms with Crippen molar-refractivity contribution >= 4 is 21.9 Å². The predicted molar refractivity (Wildman–Crippen MR) is 184 cm³/mol. The maximum atomic E-state index is 14.5. The van der Waals surface area contributed by atoms with E-state index in [-0.39, 0.29) is 45.1 Å². The molecule has 0 aliphatic heterocycles. The Morgan fingerprint density at radius 3 is 2.10 bits per heavy atom. The quantitative estimate of drug-likeness (QED) is 0.137. The number of esters is 1. The van der Waals surface area contributed by atoms with Gasteiger partial charge in [-0.3, -0.25) is 13.8 Å². The first kappa shape index (κ1) is 38.3. The smallest absolute Gasteiger partial charge is 0.302 e. The number of rotatable bonds is 12. The summed E-state index contributed by atoms with van der Waals surface area (Å²) < 4.78 is 55.7. The number of aliphatic hydroxyl groups is 2. The summed E-state index contributed by atoms with van der Waals surface area (Å²) in [6.07, 6.45) is -2.59. The zero-order valence-corrected chi connectivity index (χ0v) is 30.5. The Morgan fingerprint density at radius 1 is 0.920 bits per heavy atom. The number of ketones is 1. The van der Waals surface area contributed by atoms with E-state index in [4.69, 9.17) is 23.1 Å². The Bertz CT molecular complexity index is 1670. The van der Waals surface area contributed by atoms with Gasteiger partial charge in [0.1, 0.15) is 30.7 Å². The van der Waals surface area contributed by atoms with Crippen LogP contribution in [0.2, 0.25) is 0 Å². The zero-order chi connectivity index (χ0) is 36.5. The molecule has 0 heterocycles. The molecule has 11 nitrogen and oxygen atoms in total. The van der Waals surface area contributed by atoms with Crippen molar-refractivity contribution in [1.82, 2.24) is 0 Å². The number of hydrogen-bond donors (Lipinski definition) is 2. The zero-order valence-electron chi connectivity index (χ0n) is 29.7. The Hall–Kier alpha value is -2.97. The van der Waals surface area contributed by atoms with Crippen molar-refractivity contribution in [3.8, 4) is 0 Å². The molecule has 50 heavy (non-hydrogen) atoms. The van der Waals surface area contributed by atoms with E-state index in [0.717, 1.165) is 23.0 Å². The second kappa shape index (κ2) is 14.6. The molecule has 0 saturated heterocycles. The first-order valence-electron chi connectivity index (χ1n) is 17.0. The molecule has 7 atom stereocenters. The molecule has 0 unspecified atom stereocenters. The predicted octanol–water partition coefficient (Wildman–Crippen LogP) is 4.64. The highest BCUT2D eigenvalue weighted by Crippen LogP contribution is 2.62. The van der Waals surface area contributed by atoms with Gasteiger partial charge in [-0.2, -0.15) is 8.42 Å². The molecule has 0 radical (unpaired) electrons. The Balaban J connectivity index is 1.68. The molecule has 2 bridgehead atoms. The fourth-order valence-electron chi connectivity index (χ4n) is 8.68. The van der Waals surface area contributed by atoms with Crippen molar-refractivity contribution in [3.63, 3.8) is 0 Å². The fourth-order valence-corrected chi connectivity index (χ4v) is 9.35. The Morgan fingerprint density at radius 2 is 1.52 bits per heavy atom. The van der Waals surface area contributed by atoms with Crippen LogP contribution < -0.4 is 0 Å². The number of hydrogen-bond acceptors (Lipinski definition) is 11. The van der Waals surface area contributed by atoms with Crippen LogP contribution in [-0.2, 0) is 56.1 Å². The lowest BCUT2D eigenvalue weighted by molar-refractivity contribution is -0.303. The lowest BCUT2D eigenvalue weighted by Gasteiger charge is -2.64. The van der Waals surface area contributed by atoms with Crippen molar-refractivity contribution in [1.29, 1.82) is 0 Å². The molecule has 3 aliphatic rings. The van der Waals surface area contributed by atoms with E-state index in [1.807, 2.05) is 67.6 Å². The van der Waals surface area contributed by atoms with E-state index >= 15 is 0 Å². The third-order valence-corrected chi connectivity index (χ3v) is 11.7. The summed E-state index contributed by atoms with van der Waals surface area (Å²) in [5, 5.41) is 26.0. The van der Waals surface area contributed by atoms with E-state index in [1.54, 1.807) is 20.8 Å². The van der Waals surface area contributed by atoms with Crippen molar-refractivity contribution < 1.29 is 51.4 Å². The number of allylic oxidation sites excluding steroid dienone is 1. The minimum absolute atomic E-state index is 0.0232. The molecule has 2 aromatic rings. The topological polar surface area (TPSA) is 155 Å².